The van der Waals surface area contributed by atoms with Crippen LogP contribution in [0.1, 0.15) is 30.0 Å². The fraction of sp³-hybridized carbons (Fsp3) is 0.500. The van der Waals surface area contributed by atoms with Crippen LogP contribution in [0.5, 0.6) is 5.75 Å². The number of fused-ring (bicyclic) bond motifs is 1. The van der Waals surface area contributed by atoms with Gasteiger partial charge in [0.15, 0.2) is 5.76 Å². The molecule has 0 spiro atoms. The van der Waals surface area contributed by atoms with E-state index in [0.29, 0.717) is 44.1 Å². The van der Waals surface area contributed by atoms with E-state index in [0.717, 1.165) is 16.7 Å². The summed E-state index contributed by atoms with van der Waals surface area (Å²) in [5, 5.41) is 3.79. The molecule has 1 aliphatic rings. The van der Waals surface area contributed by atoms with E-state index in [-0.39, 0.29) is 17.9 Å². The van der Waals surface area contributed by atoms with Gasteiger partial charge < -0.3 is 19.4 Å². The predicted molar refractivity (Wildman–Crippen MR) is 103 cm³/mol. The molecular weight excluding hydrogens is 346 g/mol. The lowest BCUT2D eigenvalue weighted by molar-refractivity contribution is -0.123. The molecule has 2 aromatic rings. The summed E-state index contributed by atoms with van der Waals surface area (Å²) in [4.78, 5) is 28.7. The second-order valence-electron chi connectivity index (χ2n) is 7.21. The molecule has 1 aromatic carbocycles. The minimum absolute atomic E-state index is 0.0202. The van der Waals surface area contributed by atoms with Crippen LogP contribution in [0.4, 0.5) is 0 Å². The van der Waals surface area contributed by atoms with Crippen molar-refractivity contribution in [3.63, 3.8) is 0 Å². The fourth-order valence-corrected chi connectivity index (χ4v) is 3.35. The molecule has 0 aliphatic carbocycles. The van der Waals surface area contributed by atoms with Gasteiger partial charge in [-0.1, -0.05) is 0 Å². The number of aryl methyl sites for hydroxylation is 1. The fourth-order valence-electron chi connectivity index (χ4n) is 3.35. The van der Waals surface area contributed by atoms with Crippen LogP contribution in [-0.2, 0) is 4.79 Å². The number of ether oxygens (including phenoxy) is 1. The highest BCUT2D eigenvalue weighted by Crippen LogP contribution is 2.29. The number of hydrogen-bond acceptors (Lipinski definition) is 5. The Morgan fingerprint density at radius 1 is 1.22 bits per heavy atom. The second kappa shape index (κ2) is 8.00. The molecule has 7 heteroatoms. The number of nitrogens with one attached hydrogen (secondary N) is 1. The maximum absolute atomic E-state index is 12.9. The quantitative estimate of drug-likeness (QED) is 0.868. The Morgan fingerprint density at radius 3 is 2.56 bits per heavy atom. The Morgan fingerprint density at radius 2 is 1.93 bits per heavy atom. The van der Waals surface area contributed by atoms with Crippen molar-refractivity contribution < 1.29 is 18.7 Å². The molecular formula is C20H27N3O4. The van der Waals surface area contributed by atoms with Crippen molar-refractivity contribution in [1.82, 2.24) is 15.1 Å². The van der Waals surface area contributed by atoms with Crippen molar-refractivity contribution in [2.75, 3.05) is 39.8 Å². The highest BCUT2D eigenvalue weighted by molar-refractivity contribution is 5.99. The average molecular weight is 373 g/mol. The van der Waals surface area contributed by atoms with E-state index in [1.165, 1.54) is 0 Å². The molecule has 27 heavy (non-hydrogen) atoms. The highest BCUT2D eigenvalue weighted by atomic mass is 16.5. The summed E-state index contributed by atoms with van der Waals surface area (Å²) in [6, 6.07) is 5.66. The van der Waals surface area contributed by atoms with Crippen LogP contribution < -0.4 is 10.1 Å². The largest absolute Gasteiger partial charge is 0.497 e. The molecule has 0 bridgehead atoms. The van der Waals surface area contributed by atoms with Gasteiger partial charge in [0.2, 0.25) is 5.91 Å². The zero-order valence-electron chi connectivity index (χ0n) is 16.4. The minimum atomic E-state index is -0.103. The van der Waals surface area contributed by atoms with Crippen molar-refractivity contribution in [2.24, 2.45) is 0 Å². The lowest BCUT2D eigenvalue weighted by Crippen LogP contribution is -2.51. The summed E-state index contributed by atoms with van der Waals surface area (Å²) < 4.78 is 11.1. The molecule has 1 aromatic heterocycles. The maximum atomic E-state index is 12.9. The number of benzene rings is 1. The number of amides is 2. The average Bonchev–Trinajstić information content (AvgIpc) is 2.97. The Labute approximate surface area is 159 Å². The van der Waals surface area contributed by atoms with Gasteiger partial charge in [0, 0.05) is 43.2 Å². The first-order chi connectivity index (χ1) is 12.9. The first kappa shape index (κ1) is 19.2. The molecule has 1 fully saturated rings. The molecule has 7 nitrogen and oxygen atoms in total. The normalized spacial score (nSPS) is 15.4. The molecule has 1 aliphatic heterocycles. The number of carbonyl (C=O) groups is 2. The number of nitrogens with zero attached hydrogens (tertiary/aromatic N) is 2. The Bertz CT molecular complexity index is 835. The zero-order chi connectivity index (χ0) is 19.6. The standard InChI is InChI=1S/C20H27N3O4/c1-13(2)21-18(24)12-22-7-9-23(10-8-22)20(25)19-14(3)16-11-15(26-4)5-6-17(16)27-19/h5-6,11,13H,7-10,12H2,1-4H3,(H,21,24). The summed E-state index contributed by atoms with van der Waals surface area (Å²) in [5.74, 6) is 1.03. The van der Waals surface area contributed by atoms with Crippen molar-refractivity contribution in [2.45, 2.75) is 26.8 Å². The van der Waals surface area contributed by atoms with E-state index in [1.54, 1.807) is 12.0 Å². The van der Waals surface area contributed by atoms with Crippen LogP contribution in [0.15, 0.2) is 22.6 Å². The van der Waals surface area contributed by atoms with Gasteiger partial charge in [-0.2, -0.15) is 0 Å². The lowest BCUT2D eigenvalue weighted by atomic mass is 10.1. The Kier molecular flexibility index (Phi) is 5.70. The van der Waals surface area contributed by atoms with Crippen molar-refractivity contribution in [3.8, 4) is 5.75 Å². The number of furan rings is 1. The molecule has 2 heterocycles. The predicted octanol–water partition coefficient (Wildman–Crippen LogP) is 2.03. The molecule has 1 saturated heterocycles. The Hall–Kier alpha value is -2.54. The van der Waals surface area contributed by atoms with Gasteiger partial charge in [0.25, 0.3) is 5.91 Å². The smallest absolute Gasteiger partial charge is 0.289 e. The van der Waals surface area contributed by atoms with Gasteiger partial charge in [-0.15, -0.1) is 0 Å². The van der Waals surface area contributed by atoms with Crippen LogP contribution >= 0.6 is 0 Å². The number of piperazine rings is 1. The highest BCUT2D eigenvalue weighted by Gasteiger charge is 2.27. The van der Waals surface area contributed by atoms with E-state index in [1.807, 2.05) is 39.0 Å². The van der Waals surface area contributed by atoms with Crippen LogP contribution in [0.25, 0.3) is 11.0 Å². The van der Waals surface area contributed by atoms with Crippen molar-refractivity contribution in [1.29, 1.82) is 0 Å². The monoisotopic (exact) mass is 373 g/mol. The molecule has 0 saturated carbocycles. The van der Waals surface area contributed by atoms with Gasteiger partial charge in [0.1, 0.15) is 11.3 Å². The maximum Gasteiger partial charge on any atom is 0.289 e. The third-order valence-electron chi connectivity index (χ3n) is 4.81. The minimum Gasteiger partial charge on any atom is -0.497 e. The molecule has 1 N–H and O–H groups in total. The summed E-state index contributed by atoms with van der Waals surface area (Å²) in [5.41, 5.74) is 1.51. The molecule has 3 rings (SSSR count). The van der Waals surface area contributed by atoms with E-state index >= 15 is 0 Å². The number of hydrogen-bond donors (Lipinski definition) is 1. The first-order valence-corrected chi connectivity index (χ1v) is 9.27. The molecule has 0 radical (unpaired) electrons. The summed E-state index contributed by atoms with van der Waals surface area (Å²) in [6.07, 6.45) is 0. The van der Waals surface area contributed by atoms with Crippen molar-refractivity contribution >= 4 is 22.8 Å². The van der Waals surface area contributed by atoms with E-state index in [9.17, 15) is 9.59 Å². The molecule has 0 atom stereocenters. The van der Waals surface area contributed by atoms with Gasteiger partial charge in [-0.3, -0.25) is 14.5 Å². The number of carbonyl (C=O) groups excluding carboxylic acids is 2. The van der Waals surface area contributed by atoms with Gasteiger partial charge in [-0.05, 0) is 39.0 Å². The lowest BCUT2D eigenvalue weighted by Gasteiger charge is -2.34. The van der Waals surface area contributed by atoms with E-state index < -0.39 is 0 Å². The van der Waals surface area contributed by atoms with Crippen molar-refractivity contribution in [3.05, 3.63) is 29.5 Å². The first-order valence-electron chi connectivity index (χ1n) is 9.27. The third kappa shape index (κ3) is 4.24. The second-order valence-corrected chi connectivity index (χ2v) is 7.21. The van der Waals surface area contributed by atoms with E-state index in [2.05, 4.69) is 10.2 Å². The summed E-state index contributed by atoms with van der Waals surface area (Å²) in [7, 11) is 1.61. The molecule has 2 amide bonds. The van der Waals surface area contributed by atoms with Gasteiger partial charge in [0.05, 0.1) is 13.7 Å². The third-order valence-corrected chi connectivity index (χ3v) is 4.81. The SMILES string of the molecule is COc1ccc2oc(C(=O)N3CCN(CC(=O)NC(C)C)CC3)c(C)c2c1. The number of rotatable bonds is 5. The zero-order valence-corrected chi connectivity index (χ0v) is 16.4. The van der Waals surface area contributed by atoms with E-state index in [4.69, 9.17) is 9.15 Å². The van der Waals surface area contributed by atoms with Crippen LogP contribution in [0, 0.1) is 6.92 Å². The number of methoxy groups -OCH3 is 1. The van der Waals surface area contributed by atoms with Gasteiger partial charge in [-0.25, -0.2) is 0 Å². The van der Waals surface area contributed by atoms with Crippen LogP contribution in [0.3, 0.4) is 0 Å². The Balaban J connectivity index is 1.65. The van der Waals surface area contributed by atoms with Crippen LogP contribution in [-0.4, -0.2) is 67.5 Å². The molecule has 146 valence electrons. The molecule has 0 unspecified atom stereocenters. The summed E-state index contributed by atoms with van der Waals surface area (Å²) in [6.45, 7) is 8.64. The summed E-state index contributed by atoms with van der Waals surface area (Å²) >= 11 is 0. The van der Waals surface area contributed by atoms with Gasteiger partial charge >= 0.3 is 0 Å². The topological polar surface area (TPSA) is 75.0 Å². The van der Waals surface area contributed by atoms with Crippen LogP contribution in [0.2, 0.25) is 0 Å².